The van der Waals surface area contributed by atoms with Crippen LogP contribution in [0.15, 0.2) is 0 Å². The summed E-state index contributed by atoms with van der Waals surface area (Å²) in [4.78, 5) is 2.53. The SMILES string of the molecule is Cc1nn(C)c(N(CCC(C)C)C2CC2)c1CCl. The zero-order chi connectivity index (χ0) is 13.3. The van der Waals surface area contributed by atoms with Gasteiger partial charge < -0.3 is 4.90 Å². The maximum absolute atomic E-state index is 6.10. The lowest BCUT2D eigenvalue weighted by molar-refractivity contribution is 0.561. The van der Waals surface area contributed by atoms with Gasteiger partial charge in [0.2, 0.25) is 0 Å². The van der Waals surface area contributed by atoms with E-state index in [-0.39, 0.29) is 0 Å². The number of rotatable bonds is 6. The van der Waals surface area contributed by atoms with E-state index in [0.717, 1.165) is 18.2 Å². The minimum atomic E-state index is 0.555. The average Bonchev–Trinajstić information content (AvgIpc) is 3.07. The van der Waals surface area contributed by atoms with E-state index in [9.17, 15) is 0 Å². The highest BCUT2D eigenvalue weighted by molar-refractivity contribution is 6.17. The number of hydrogen-bond donors (Lipinski definition) is 0. The lowest BCUT2D eigenvalue weighted by Gasteiger charge is -2.26. The Labute approximate surface area is 115 Å². The van der Waals surface area contributed by atoms with Gasteiger partial charge in [-0.25, -0.2) is 0 Å². The topological polar surface area (TPSA) is 21.1 Å². The van der Waals surface area contributed by atoms with Gasteiger partial charge in [-0.15, -0.1) is 11.6 Å². The molecule has 1 fully saturated rings. The fourth-order valence-corrected chi connectivity index (χ4v) is 2.76. The zero-order valence-electron chi connectivity index (χ0n) is 11.9. The molecule has 1 aromatic rings. The van der Waals surface area contributed by atoms with Crippen molar-refractivity contribution in [2.24, 2.45) is 13.0 Å². The van der Waals surface area contributed by atoms with E-state index >= 15 is 0 Å². The van der Waals surface area contributed by atoms with Crippen molar-refractivity contribution < 1.29 is 0 Å². The normalized spacial score (nSPS) is 15.4. The van der Waals surface area contributed by atoms with Crippen LogP contribution in [0.5, 0.6) is 0 Å². The Bertz CT molecular complexity index is 407. The van der Waals surface area contributed by atoms with Crippen LogP contribution in [-0.4, -0.2) is 22.4 Å². The molecule has 0 amide bonds. The number of hydrogen-bond acceptors (Lipinski definition) is 2. The van der Waals surface area contributed by atoms with Crippen LogP contribution >= 0.6 is 11.6 Å². The molecule has 0 bridgehead atoms. The first-order valence-corrected chi connectivity index (χ1v) is 7.43. The molecule has 3 nitrogen and oxygen atoms in total. The molecular weight excluding hydrogens is 246 g/mol. The molecule has 0 radical (unpaired) electrons. The van der Waals surface area contributed by atoms with Crippen molar-refractivity contribution in [2.75, 3.05) is 11.4 Å². The van der Waals surface area contributed by atoms with Crippen molar-refractivity contribution in [1.29, 1.82) is 0 Å². The molecule has 4 heteroatoms. The summed E-state index contributed by atoms with van der Waals surface area (Å²) in [6.45, 7) is 7.73. The van der Waals surface area contributed by atoms with Crippen molar-refractivity contribution in [3.8, 4) is 0 Å². The van der Waals surface area contributed by atoms with Gasteiger partial charge in [0.15, 0.2) is 0 Å². The van der Waals surface area contributed by atoms with Crippen molar-refractivity contribution in [3.63, 3.8) is 0 Å². The Morgan fingerprint density at radius 1 is 1.44 bits per heavy atom. The van der Waals surface area contributed by atoms with E-state index in [4.69, 9.17) is 11.6 Å². The van der Waals surface area contributed by atoms with Crippen molar-refractivity contribution in [3.05, 3.63) is 11.3 Å². The summed E-state index contributed by atoms with van der Waals surface area (Å²) in [5, 5.41) is 4.53. The van der Waals surface area contributed by atoms with Gasteiger partial charge in [0.05, 0.1) is 11.6 Å². The maximum Gasteiger partial charge on any atom is 0.131 e. The monoisotopic (exact) mass is 269 g/mol. The van der Waals surface area contributed by atoms with Crippen molar-refractivity contribution in [1.82, 2.24) is 9.78 Å². The Morgan fingerprint density at radius 3 is 2.61 bits per heavy atom. The molecule has 0 unspecified atom stereocenters. The van der Waals surface area contributed by atoms with Gasteiger partial charge in [-0.1, -0.05) is 13.8 Å². The molecule has 0 atom stereocenters. The molecule has 1 heterocycles. The number of alkyl halides is 1. The third kappa shape index (κ3) is 2.82. The second-order valence-electron chi connectivity index (χ2n) is 5.75. The maximum atomic E-state index is 6.10. The van der Waals surface area contributed by atoms with Crippen LogP contribution in [-0.2, 0) is 12.9 Å². The summed E-state index contributed by atoms with van der Waals surface area (Å²) in [5.74, 6) is 2.53. The highest BCUT2D eigenvalue weighted by Gasteiger charge is 2.32. The minimum Gasteiger partial charge on any atom is -0.354 e. The molecule has 0 saturated heterocycles. The Balaban J connectivity index is 2.24. The van der Waals surface area contributed by atoms with E-state index in [2.05, 4.69) is 30.8 Å². The number of aromatic nitrogens is 2. The smallest absolute Gasteiger partial charge is 0.131 e. The van der Waals surface area contributed by atoms with Crippen LogP contribution in [0.2, 0.25) is 0 Å². The molecule has 1 aromatic heterocycles. The number of aryl methyl sites for hydroxylation is 2. The fraction of sp³-hybridized carbons (Fsp3) is 0.786. The van der Waals surface area contributed by atoms with E-state index < -0.39 is 0 Å². The van der Waals surface area contributed by atoms with Gasteiger partial charge in [-0.2, -0.15) is 5.10 Å². The van der Waals surface area contributed by atoms with Crippen LogP contribution in [0.1, 0.15) is 44.4 Å². The van der Waals surface area contributed by atoms with Gasteiger partial charge in [0.25, 0.3) is 0 Å². The predicted molar refractivity (Wildman–Crippen MR) is 77.3 cm³/mol. The molecule has 1 aliphatic carbocycles. The number of nitrogens with zero attached hydrogens (tertiary/aromatic N) is 3. The van der Waals surface area contributed by atoms with Gasteiger partial charge in [-0.05, 0) is 32.1 Å². The molecule has 0 spiro atoms. The molecule has 0 N–H and O–H groups in total. The van der Waals surface area contributed by atoms with Gasteiger partial charge in [0.1, 0.15) is 5.82 Å². The van der Waals surface area contributed by atoms with Crippen LogP contribution in [0.25, 0.3) is 0 Å². The predicted octanol–water partition coefficient (Wildman–Crippen LogP) is 3.48. The van der Waals surface area contributed by atoms with Crippen LogP contribution in [0.3, 0.4) is 0 Å². The minimum absolute atomic E-state index is 0.555. The molecule has 18 heavy (non-hydrogen) atoms. The molecule has 0 aliphatic heterocycles. The van der Waals surface area contributed by atoms with Crippen LogP contribution < -0.4 is 4.90 Å². The number of anilines is 1. The third-order valence-corrected chi connectivity index (χ3v) is 3.92. The quantitative estimate of drug-likeness (QED) is 0.737. The highest BCUT2D eigenvalue weighted by atomic mass is 35.5. The van der Waals surface area contributed by atoms with Crippen molar-refractivity contribution >= 4 is 17.4 Å². The second kappa shape index (κ2) is 5.52. The highest BCUT2D eigenvalue weighted by Crippen LogP contribution is 2.35. The standard InChI is InChI=1S/C14H24ClN3/c1-10(2)7-8-18(12-5-6-12)14-13(9-15)11(3)16-17(14)4/h10,12H,5-9H2,1-4H3. The zero-order valence-corrected chi connectivity index (χ0v) is 12.7. The van der Waals surface area contributed by atoms with Gasteiger partial charge >= 0.3 is 0 Å². The molecule has 1 aliphatic rings. The molecule has 1 saturated carbocycles. The Kier molecular flexibility index (Phi) is 4.21. The van der Waals surface area contributed by atoms with Crippen LogP contribution in [0, 0.1) is 12.8 Å². The molecule has 102 valence electrons. The van der Waals surface area contributed by atoms with E-state index in [1.165, 1.54) is 30.6 Å². The Hall–Kier alpha value is -0.700. The number of halogens is 1. The largest absolute Gasteiger partial charge is 0.354 e. The van der Waals surface area contributed by atoms with Crippen LogP contribution in [0.4, 0.5) is 5.82 Å². The van der Waals surface area contributed by atoms with Crippen molar-refractivity contribution in [2.45, 2.75) is 52.0 Å². The lowest BCUT2D eigenvalue weighted by atomic mass is 10.1. The van der Waals surface area contributed by atoms with Gasteiger partial charge in [-0.3, -0.25) is 4.68 Å². The summed E-state index contributed by atoms with van der Waals surface area (Å²) < 4.78 is 2.01. The van der Waals surface area contributed by atoms with E-state index in [1.54, 1.807) is 0 Å². The van der Waals surface area contributed by atoms with E-state index in [0.29, 0.717) is 11.9 Å². The van der Waals surface area contributed by atoms with Gasteiger partial charge in [0, 0.05) is 25.2 Å². The molecule has 2 rings (SSSR count). The average molecular weight is 270 g/mol. The summed E-state index contributed by atoms with van der Waals surface area (Å²) in [6, 6.07) is 0.709. The summed E-state index contributed by atoms with van der Waals surface area (Å²) in [7, 11) is 2.03. The summed E-state index contributed by atoms with van der Waals surface area (Å²) >= 11 is 6.10. The Morgan fingerprint density at radius 2 is 2.11 bits per heavy atom. The molecular formula is C14H24ClN3. The first kappa shape index (κ1) is 13.7. The van der Waals surface area contributed by atoms with E-state index in [1.807, 2.05) is 11.7 Å². The first-order valence-electron chi connectivity index (χ1n) is 6.89. The summed E-state index contributed by atoms with van der Waals surface area (Å²) in [5.41, 5.74) is 2.27. The fourth-order valence-electron chi connectivity index (χ4n) is 2.45. The molecule has 0 aromatic carbocycles. The second-order valence-corrected chi connectivity index (χ2v) is 6.02. The first-order chi connectivity index (χ1) is 8.54. The lowest BCUT2D eigenvalue weighted by Crippen LogP contribution is -2.30. The summed E-state index contributed by atoms with van der Waals surface area (Å²) in [6.07, 6.45) is 3.84. The third-order valence-electron chi connectivity index (χ3n) is 3.65.